The number of ether oxygens (including phenoxy) is 1. The molecule has 2 aliphatic rings. The van der Waals surface area contributed by atoms with Gasteiger partial charge >= 0.3 is 5.97 Å². The number of aromatic nitrogens is 2. The van der Waals surface area contributed by atoms with Gasteiger partial charge in [-0.1, -0.05) is 25.1 Å². The fourth-order valence-electron chi connectivity index (χ4n) is 4.25. The van der Waals surface area contributed by atoms with Gasteiger partial charge in [-0.2, -0.15) is 0 Å². The molecule has 0 radical (unpaired) electrons. The van der Waals surface area contributed by atoms with Crippen LogP contribution in [0.1, 0.15) is 41.5 Å². The molecule has 5 heteroatoms. The summed E-state index contributed by atoms with van der Waals surface area (Å²) in [4.78, 5) is 30.1. The van der Waals surface area contributed by atoms with Crippen molar-refractivity contribution in [2.24, 2.45) is 0 Å². The number of fused-ring (bicyclic) bond motifs is 5. The van der Waals surface area contributed by atoms with Crippen LogP contribution in [0.2, 0.25) is 0 Å². The highest BCUT2D eigenvalue weighted by molar-refractivity contribution is 5.88. The molecule has 0 bridgehead atoms. The van der Waals surface area contributed by atoms with E-state index < -0.39 is 0 Å². The molecule has 1 atom stereocenters. The number of benzene rings is 1. The number of carbonyl (C=O) groups excluding carboxylic acids is 1. The Hall–Kier alpha value is -2.95. The minimum atomic E-state index is -0.372. The average Bonchev–Trinajstić information content (AvgIpc) is 3.01. The first-order chi connectivity index (χ1) is 12.6. The molecule has 4 heterocycles. The molecule has 2 aromatic heterocycles. The lowest BCUT2D eigenvalue weighted by Crippen LogP contribution is -2.32. The van der Waals surface area contributed by atoms with Crippen LogP contribution in [0, 0.1) is 6.92 Å². The van der Waals surface area contributed by atoms with Crippen molar-refractivity contribution in [1.29, 1.82) is 0 Å². The van der Waals surface area contributed by atoms with Gasteiger partial charge in [-0.3, -0.25) is 9.59 Å². The molecule has 2 aliphatic heterocycles. The van der Waals surface area contributed by atoms with E-state index in [1.807, 2.05) is 31.2 Å². The quantitative estimate of drug-likeness (QED) is 0.496. The van der Waals surface area contributed by atoms with Crippen LogP contribution in [0.15, 0.2) is 35.1 Å². The zero-order valence-electron chi connectivity index (χ0n) is 14.7. The van der Waals surface area contributed by atoms with Crippen molar-refractivity contribution >= 4 is 16.9 Å². The van der Waals surface area contributed by atoms with Crippen LogP contribution in [0.4, 0.5) is 0 Å². The maximum absolute atomic E-state index is 13.1. The van der Waals surface area contributed by atoms with E-state index in [0.717, 1.165) is 39.0 Å². The Bertz CT molecular complexity index is 1160. The van der Waals surface area contributed by atoms with E-state index in [0.29, 0.717) is 18.5 Å². The van der Waals surface area contributed by atoms with Gasteiger partial charge in [0, 0.05) is 10.9 Å². The Morgan fingerprint density at radius 1 is 1.23 bits per heavy atom. The van der Waals surface area contributed by atoms with Crippen molar-refractivity contribution in [3.05, 3.63) is 62.9 Å². The van der Waals surface area contributed by atoms with Crippen LogP contribution in [0.5, 0.6) is 0 Å². The number of rotatable bonds is 1. The molecule has 3 aromatic rings. The second-order valence-electron chi connectivity index (χ2n) is 7.00. The first-order valence-electron chi connectivity index (χ1n) is 8.92. The van der Waals surface area contributed by atoms with Gasteiger partial charge in [0.1, 0.15) is 6.61 Å². The third kappa shape index (κ3) is 1.88. The Labute approximate surface area is 150 Å². The monoisotopic (exact) mass is 346 g/mol. The summed E-state index contributed by atoms with van der Waals surface area (Å²) in [6.07, 6.45) is 0.617. The number of pyridine rings is 2. The van der Waals surface area contributed by atoms with Crippen molar-refractivity contribution in [1.82, 2.24) is 9.55 Å². The smallest absolute Gasteiger partial charge is 0.313 e. The maximum atomic E-state index is 13.1. The Morgan fingerprint density at radius 2 is 2.04 bits per heavy atom. The van der Waals surface area contributed by atoms with Crippen LogP contribution in [-0.4, -0.2) is 15.5 Å². The third-order valence-electron chi connectivity index (χ3n) is 5.70. The molecule has 0 fully saturated rings. The molecule has 0 aliphatic carbocycles. The van der Waals surface area contributed by atoms with Gasteiger partial charge in [0.2, 0.25) is 0 Å². The number of hydrogen-bond donors (Lipinski definition) is 0. The van der Waals surface area contributed by atoms with E-state index in [1.165, 1.54) is 0 Å². The van der Waals surface area contributed by atoms with Crippen molar-refractivity contribution in [2.75, 3.05) is 0 Å². The summed E-state index contributed by atoms with van der Waals surface area (Å²) in [5.74, 6) is -0.617. The molecule has 26 heavy (non-hydrogen) atoms. The van der Waals surface area contributed by atoms with Gasteiger partial charge in [0.15, 0.2) is 0 Å². The Morgan fingerprint density at radius 3 is 2.85 bits per heavy atom. The summed E-state index contributed by atoms with van der Waals surface area (Å²) >= 11 is 0. The van der Waals surface area contributed by atoms with Gasteiger partial charge in [0.25, 0.3) is 5.56 Å². The highest BCUT2D eigenvalue weighted by Crippen LogP contribution is 2.38. The maximum Gasteiger partial charge on any atom is 0.313 e. The van der Waals surface area contributed by atoms with Crippen LogP contribution in [0.3, 0.4) is 0 Å². The van der Waals surface area contributed by atoms with Crippen LogP contribution in [0.25, 0.3) is 22.3 Å². The normalized spacial score (nSPS) is 17.6. The highest BCUT2D eigenvalue weighted by Gasteiger charge is 2.34. The molecule has 0 N–H and O–H groups in total. The standard InChI is InChI=1S/C21H18N2O3/c1-3-12-14-8-18-19-15(11(2)13-6-4-5-7-17(13)22-19)9-23(18)20(24)16(14)10-26-21(12)25/h4-8,12H,3,9-10H2,1-2H3/t12-/m1/s1. The molecular weight excluding hydrogens is 328 g/mol. The Balaban J connectivity index is 1.82. The zero-order valence-corrected chi connectivity index (χ0v) is 14.7. The van der Waals surface area contributed by atoms with Crippen LogP contribution >= 0.6 is 0 Å². The van der Waals surface area contributed by atoms with Gasteiger partial charge in [0.05, 0.1) is 34.9 Å². The molecule has 5 nitrogen and oxygen atoms in total. The molecular formula is C21H18N2O3. The van der Waals surface area contributed by atoms with Crippen molar-refractivity contribution < 1.29 is 9.53 Å². The van der Waals surface area contributed by atoms with Crippen molar-refractivity contribution in [2.45, 2.75) is 39.3 Å². The topological polar surface area (TPSA) is 61.2 Å². The number of esters is 1. The first kappa shape index (κ1) is 15.3. The van der Waals surface area contributed by atoms with E-state index in [1.54, 1.807) is 4.57 Å². The largest absolute Gasteiger partial charge is 0.460 e. The molecule has 5 rings (SSSR count). The fraction of sp³-hybridized carbons (Fsp3) is 0.286. The lowest BCUT2D eigenvalue weighted by molar-refractivity contribution is -0.148. The number of nitrogens with zero attached hydrogens (tertiary/aromatic N) is 2. The number of hydrogen-bond acceptors (Lipinski definition) is 4. The SMILES string of the molecule is CC[C@H]1C(=O)OCc2c1cc1n(c2=O)Cc2c-1nc1ccccc1c2C. The zero-order chi connectivity index (χ0) is 18.0. The average molecular weight is 346 g/mol. The highest BCUT2D eigenvalue weighted by atomic mass is 16.5. The summed E-state index contributed by atoms with van der Waals surface area (Å²) in [5, 5.41) is 1.11. The number of para-hydroxylation sites is 1. The van der Waals surface area contributed by atoms with E-state index in [-0.39, 0.29) is 24.1 Å². The van der Waals surface area contributed by atoms with Crippen molar-refractivity contribution in [3.63, 3.8) is 0 Å². The van der Waals surface area contributed by atoms with E-state index in [2.05, 4.69) is 13.0 Å². The van der Waals surface area contributed by atoms with E-state index >= 15 is 0 Å². The molecule has 0 spiro atoms. The summed E-state index contributed by atoms with van der Waals surface area (Å²) < 4.78 is 7.02. The number of cyclic esters (lactones) is 1. The second-order valence-corrected chi connectivity index (χ2v) is 7.00. The number of aryl methyl sites for hydroxylation is 1. The predicted octanol–water partition coefficient (Wildman–Crippen LogP) is 3.28. The molecule has 1 aromatic carbocycles. The summed E-state index contributed by atoms with van der Waals surface area (Å²) in [6, 6.07) is 10.0. The lowest BCUT2D eigenvalue weighted by Gasteiger charge is -2.24. The molecule has 0 saturated carbocycles. The summed E-state index contributed by atoms with van der Waals surface area (Å²) in [5.41, 5.74) is 6.18. The van der Waals surface area contributed by atoms with Gasteiger partial charge < -0.3 is 9.30 Å². The minimum absolute atomic E-state index is 0.0640. The van der Waals surface area contributed by atoms with Gasteiger partial charge in [-0.15, -0.1) is 0 Å². The Kier molecular flexibility index (Phi) is 3.11. The number of carbonyl (C=O) groups is 1. The van der Waals surface area contributed by atoms with Gasteiger partial charge in [-0.25, -0.2) is 4.98 Å². The summed E-state index contributed by atoms with van der Waals surface area (Å²) in [7, 11) is 0. The minimum Gasteiger partial charge on any atom is -0.460 e. The van der Waals surface area contributed by atoms with Gasteiger partial charge in [-0.05, 0) is 36.6 Å². The molecule has 0 unspecified atom stereocenters. The second kappa shape index (κ2) is 5.27. The first-order valence-corrected chi connectivity index (χ1v) is 8.92. The van der Waals surface area contributed by atoms with Crippen molar-refractivity contribution in [3.8, 4) is 11.4 Å². The third-order valence-corrected chi connectivity index (χ3v) is 5.70. The van der Waals surface area contributed by atoms with Crippen LogP contribution in [-0.2, 0) is 22.7 Å². The lowest BCUT2D eigenvalue weighted by atomic mass is 9.90. The molecule has 0 saturated heterocycles. The fourth-order valence-corrected chi connectivity index (χ4v) is 4.25. The van der Waals surface area contributed by atoms with E-state index in [9.17, 15) is 9.59 Å². The van der Waals surface area contributed by atoms with E-state index in [4.69, 9.17) is 9.72 Å². The predicted molar refractivity (Wildman–Crippen MR) is 98.1 cm³/mol. The summed E-state index contributed by atoms with van der Waals surface area (Å²) in [6.45, 7) is 4.61. The molecule has 0 amide bonds. The van der Waals surface area contributed by atoms with Crippen LogP contribution < -0.4 is 5.56 Å². The molecule has 130 valence electrons.